The summed E-state index contributed by atoms with van der Waals surface area (Å²) in [5, 5.41) is 2.96. The number of rotatable bonds is 4. The van der Waals surface area contributed by atoms with Gasteiger partial charge in [-0.2, -0.15) is 0 Å². The average molecular weight is 318 g/mol. The topological polar surface area (TPSA) is 32.3 Å². The van der Waals surface area contributed by atoms with Gasteiger partial charge in [-0.05, 0) is 37.6 Å². The van der Waals surface area contributed by atoms with Crippen molar-refractivity contribution in [1.29, 1.82) is 0 Å². The molecule has 0 saturated heterocycles. The molecule has 1 heterocycles. The van der Waals surface area contributed by atoms with Gasteiger partial charge < -0.3 is 10.2 Å². The third-order valence-corrected chi connectivity index (χ3v) is 4.01. The van der Waals surface area contributed by atoms with Gasteiger partial charge in [-0.15, -0.1) is 0 Å². The van der Waals surface area contributed by atoms with Crippen LogP contribution in [0, 0.1) is 11.8 Å². The lowest BCUT2D eigenvalue weighted by atomic mass is 10.0. The number of hydrogen-bond acceptors (Lipinski definition) is 2. The molecule has 3 rings (SSSR count). The molecule has 0 atom stereocenters. The first-order valence-corrected chi connectivity index (χ1v) is 8.37. The van der Waals surface area contributed by atoms with E-state index in [-0.39, 0.29) is 11.9 Å². The summed E-state index contributed by atoms with van der Waals surface area (Å²) in [7, 11) is 0. The molecule has 0 aromatic heterocycles. The van der Waals surface area contributed by atoms with Crippen LogP contribution in [0.5, 0.6) is 0 Å². The van der Waals surface area contributed by atoms with Crippen molar-refractivity contribution in [2.24, 2.45) is 0 Å². The Morgan fingerprint density at radius 3 is 2.54 bits per heavy atom. The smallest absolute Gasteiger partial charge is 0.221 e. The number of carbonyl (C=O) groups excluding carboxylic acids is 1. The highest BCUT2D eigenvalue weighted by atomic mass is 16.1. The van der Waals surface area contributed by atoms with Crippen molar-refractivity contribution in [1.82, 2.24) is 5.32 Å². The van der Waals surface area contributed by atoms with Gasteiger partial charge in [-0.25, -0.2) is 0 Å². The second kappa shape index (κ2) is 7.23. The Balaban J connectivity index is 1.89. The molecule has 0 saturated carbocycles. The summed E-state index contributed by atoms with van der Waals surface area (Å²) in [5.74, 6) is 6.64. The van der Waals surface area contributed by atoms with Crippen LogP contribution in [-0.2, 0) is 11.3 Å². The van der Waals surface area contributed by atoms with E-state index in [4.69, 9.17) is 0 Å². The van der Waals surface area contributed by atoms with Gasteiger partial charge in [0.25, 0.3) is 0 Å². The number of nitrogens with one attached hydrogen (secondary N) is 1. The maximum absolute atomic E-state index is 12.0. The molecular formula is C21H22N2O. The van der Waals surface area contributed by atoms with Gasteiger partial charge in [0.05, 0.1) is 5.69 Å². The fourth-order valence-electron chi connectivity index (χ4n) is 2.89. The molecule has 0 fully saturated rings. The van der Waals surface area contributed by atoms with Gasteiger partial charge in [0.15, 0.2) is 0 Å². The van der Waals surface area contributed by atoms with Crippen molar-refractivity contribution >= 4 is 11.6 Å². The fourth-order valence-corrected chi connectivity index (χ4v) is 2.89. The molecule has 0 spiro atoms. The Morgan fingerprint density at radius 1 is 1.08 bits per heavy atom. The molecule has 0 radical (unpaired) electrons. The minimum atomic E-state index is 0.0870. The third kappa shape index (κ3) is 3.78. The quantitative estimate of drug-likeness (QED) is 0.877. The van der Waals surface area contributed by atoms with Crippen molar-refractivity contribution < 1.29 is 4.79 Å². The molecule has 24 heavy (non-hydrogen) atoms. The standard InChI is InChI=1S/C21H22N2O/c1-16(2)22-21(24)13-14-23-15-19-9-4-3-7-17(19)11-12-18-8-5-6-10-20(18)23/h3-10,16H,13-15H2,1-2H3,(H,22,24). The molecule has 0 bridgehead atoms. The van der Waals surface area contributed by atoms with Gasteiger partial charge in [0.1, 0.15) is 0 Å². The van der Waals surface area contributed by atoms with Gasteiger partial charge in [-0.1, -0.05) is 42.2 Å². The lowest BCUT2D eigenvalue weighted by molar-refractivity contribution is -0.121. The first kappa shape index (κ1) is 16.1. The van der Waals surface area contributed by atoms with Gasteiger partial charge in [-0.3, -0.25) is 4.79 Å². The predicted molar refractivity (Wildman–Crippen MR) is 97.8 cm³/mol. The van der Waals surface area contributed by atoms with E-state index in [0.29, 0.717) is 13.0 Å². The lowest BCUT2D eigenvalue weighted by Gasteiger charge is -2.27. The van der Waals surface area contributed by atoms with Crippen LogP contribution in [0.1, 0.15) is 37.0 Å². The second-order valence-electron chi connectivity index (χ2n) is 6.32. The minimum absolute atomic E-state index is 0.0870. The lowest BCUT2D eigenvalue weighted by Crippen LogP contribution is -2.34. The largest absolute Gasteiger partial charge is 0.366 e. The van der Waals surface area contributed by atoms with Crippen LogP contribution in [0.2, 0.25) is 0 Å². The first-order chi connectivity index (χ1) is 11.6. The van der Waals surface area contributed by atoms with E-state index in [1.54, 1.807) is 0 Å². The molecule has 3 nitrogen and oxygen atoms in total. The SMILES string of the molecule is CC(C)NC(=O)CCN1Cc2ccccc2C#Cc2ccccc21. The minimum Gasteiger partial charge on any atom is -0.366 e. The van der Waals surface area contributed by atoms with Crippen molar-refractivity contribution in [3.63, 3.8) is 0 Å². The number of para-hydroxylation sites is 1. The fraction of sp³-hybridized carbons (Fsp3) is 0.286. The summed E-state index contributed by atoms with van der Waals surface area (Å²) < 4.78 is 0. The van der Waals surface area contributed by atoms with Crippen molar-refractivity contribution in [2.75, 3.05) is 11.4 Å². The number of benzene rings is 2. The monoisotopic (exact) mass is 318 g/mol. The summed E-state index contributed by atoms with van der Waals surface area (Å²) in [6.07, 6.45) is 0.474. The number of hydrogen-bond donors (Lipinski definition) is 1. The van der Waals surface area contributed by atoms with E-state index < -0.39 is 0 Å². The molecule has 2 aromatic carbocycles. The summed E-state index contributed by atoms with van der Waals surface area (Å²) in [6, 6.07) is 16.5. The molecule has 3 heteroatoms. The Labute approximate surface area is 143 Å². The Morgan fingerprint density at radius 2 is 1.75 bits per heavy atom. The number of amides is 1. The normalized spacial score (nSPS) is 12.4. The molecule has 122 valence electrons. The third-order valence-electron chi connectivity index (χ3n) is 4.01. The van der Waals surface area contributed by atoms with Crippen molar-refractivity contribution in [2.45, 2.75) is 32.9 Å². The van der Waals surface area contributed by atoms with Gasteiger partial charge >= 0.3 is 0 Å². The highest BCUT2D eigenvalue weighted by Gasteiger charge is 2.16. The number of fused-ring (bicyclic) bond motifs is 2. The summed E-state index contributed by atoms with van der Waals surface area (Å²) >= 11 is 0. The molecule has 1 N–H and O–H groups in total. The van der Waals surface area contributed by atoms with E-state index in [2.05, 4.69) is 40.3 Å². The zero-order valence-electron chi connectivity index (χ0n) is 14.2. The molecule has 1 amide bonds. The van der Waals surface area contributed by atoms with Crippen LogP contribution < -0.4 is 10.2 Å². The van der Waals surface area contributed by atoms with Crippen LogP contribution >= 0.6 is 0 Å². The predicted octanol–water partition coefficient (Wildman–Crippen LogP) is 3.32. The molecule has 0 unspecified atom stereocenters. The Hall–Kier alpha value is -2.73. The molecular weight excluding hydrogens is 296 g/mol. The molecule has 2 aromatic rings. The van der Waals surface area contributed by atoms with Crippen LogP contribution in [0.4, 0.5) is 5.69 Å². The Kier molecular flexibility index (Phi) is 4.86. The van der Waals surface area contributed by atoms with Crippen LogP contribution in [0.15, 0.2) is 48.5 Å². The van der Waals surface area contributed by atoms with E-state index in [9.17, 15) is 4.79 Å². The molecule has 1 aliphatic heterocycles. The summed E-state index contributed by atoms with van der Waals surface area (Å²) in [6.45, 7) is 5.40. The first-order valence-electron chi connectivity index (χ1n) is 8.37. The maximum atomic E-state index is 12.0. The number of anilines is 1. The van der Waals surface area contributed by atoms with Crippen molar-refractivity contribution in [3.8, 4) is 11.8 Å². The van der Waals surface area contributed by atoms with Crippen molar-refractivity contribution in [3.05, 3.63) is 65.2 Å². The highest BCUT2D eigenvalue weighted by Crippen LogP contribution is 2.25. The van der Waals surface area contributed by atoms with E-state index in [1.165, 1.54) is 5.56 Å². The average Bonchev–Trinajstić information content (AvgIpc) is 2.55. The zero-order chi connectivity index (χ0) is 16.9. The molecule has 0 aliphatic carbocycles. The Bertz CT molecular complexity index is 799. The number of nitrogens with zero attached hydrogens (tertiary/aromatic N) is 1. The van der Waals surface area contributed by atoms with Crippen LogP contribution in [0.3, 0.4) is 0 Å². The summed E-state index contributed by atoms with van der Waals surface area (Å²) in [5.41, 5.74) is 4.36. The van der Waals surface area contributed by atoms with E-state index in [0.717, 1.165) is 23.4 Å². The summed E-state index contributed by atoms with van der Waals surface area (Å²) in [4.78, 5) is 14.3. The van der Waals surface area contributed by atoms with E-state index >= 15 is 0 Å². The highest BCUT2D eigenvalue weighted by molar-refractivity contribution is 5.77. The van der Waals surface area contributed by atoms with E-state index in [1.807, 2.05) is 44.2 Å². The van der Waals surface area contributed by atoms with Gasteiger partial charge in [0, 0.05) is 36.7 Å². The van der Waals surface area contributed by atoms with Gasteiger partial charge in [0.2, 0.25) is 5.91 Å². The second-order valence-corrected chi connectivity index (χ2v) is 6.32. The molecule has 1 aliphatic rings. The zero-order valence-corrected chi connectivity index (χ0v) is 14.2. The maximum Gasteiger partial charge on any atom is 0.221 e. The number of carbonyl (C=O) groups is 1. The van der Waals surface area contributed by atoms with Crippen LogP contribution in [-0.4, -0.2) is 18.5 Å². The van der Waals surface area contributed by atoms with Crippen LogP contribution in [0.25, 0.3) is 0 Å².